The van der Waals surface area contributed by atoms with Gasteiger partial charge in [-0.25, -0.2) is 8.42 Å². The number of rotatable bonds is 9. The van der Waals surface area contributed by atoms with Gasteiger partial charge in [-0.2, -0.15) is 14.1 Å². The normalized spacial score (nSPS) is 16.6. The van der Waals surface area contributed by atoms with Gasteiger partial charge in [0.15, 0.2) is 0 Å². The predicted molar refractivity (Wildman–Crippen MR) is 145 cm³/mol. The first-order chi connectivity index (χ1) is 17.8. The van der Waals surface area contributed by atoms with E-state index in [-0.39, 0.29) is 17.1 Å². The molecule has 0 amide bonds. The molecule has 11 heteroatoms. The molecule has 0 spiro atoms. The Kier molecular flexibility index (Phi) is 7.41. The molecule has 0 radical (unpaired) electrons. The van der Waals surface area contributed by atoms with Crippen molar-refractivity contribution in [3.8, 4) is 11.4 Å². The minimum atomic E-state index is -3.50. The Balaban J connectivity index is 1.34. The van der Waals surface area contributed by atoms with Crippen molar-refractivity contribution in [2.45, 2.75) is 25.0 Å². The summed E-state index contributed by atoms with van der Waals surface area (Å²) in [4.78, 5) is 15.4. The van der Waals surface area contributed by atoms with E-state index < -0.39 is 10.0 Å². The second-order valence-corrected chi connectivity index (χ2v) is 11.9. The van der Waals surface area contributed by atoms with Crippen molar-refractivity contribution in [2.24, 2.45) is 5.92 Å². The summed E-state index contributed by atoms with van der Waals surface area (Å²) >= 11 is 6.13. The van der Waals surface area contributed by atoms with Gasteiger partial charge in [-0.15, -0.1) is 0 Å². The van der Waals surface area contributed by atoms with Crippen LogP contribution in [0.15, 0.2) is 59.5 Å². The van der Waals surface area contributed by atoms with Gasteiger partial charge >= 0.3 is 5.56 Å². The lowest BCUT2D eigenvalue weighted by Crippen LogP contribution is -2.49. The van der Waals surface area contributed by atoms with Gasteiger partial charge in [0.25, 0.3) is 0 Å². The number of aromatic nitrogens is 2. The summed E-state index contributed by atoms with van der Waals surface area (Å²) in [6.07, 6.45) is 4.92. The molecule has 2 N–H and O–H groups in total. The van der Waals surface area contributed by atoms with E-state index in [0.29, 0.717) is 66.4 Å². The first-order valence-corrected chi connectivity index (χ1v) is 14.4. The third-order valence-electron chi connectivity index (χ3n) is 6.74. The summed E-state index contributed by atoms with van der Waals surface area (Å²) < 4.78 is 34.9. The van der Waals surface area contributed by atoms with Gasteiger partial charge in [0.2, 0.25) is 15.8 Å². The standard InChI is InChI=1S/C26H30ClN5O4S/c27-21-2-1-3-23(16-21)32-26(33)25(36-15-10-19-4-5-19)24(17-29-32)30-11-13-31(14-12-30)37(34,35)18-20-6-8-22(28)9-7-20/h1-3,6-9,16-17,19H,4-5,10-15,18,28H2. The van der Waals surface area contributed by atoms with Crippen LogP contribution in [0.2, 0.25) is 5.02 Å². The second-order valence-electron chi connectivity index (χ2n) is 9.52. The number of ether oxygens (including phenoxy) is 1. The summed E-state index contributed by atoms with van der Waals surface area (Å²) in [5.41, 5.74) is 7.76. The van der Waals surface area contributed by atoms with Crippen LogP contribution in [0.25, 0.3) is 5.69 Å². The van der Waals surface area contributed by atoms with Gasteiger partial charge in [-0.3, -0.25) is 4.79 Å². The van der Waals surface area contributed by atoms with Crippen molar-refractivity contribution >= 4 is 33.0 Å². The molecule has 1 aromatic heterocycles. The topological polar surface area (TPSA) is 111 Å². The van der Waals surface area contributed by atoms with Crippen LogP contribution in [0.3, 0.4) is 0 Å². The van der Waals surface area contributed by atoms with E-state index >= 15 is 0 Å². The lowest BCUT2D eigenvalue weighted by molar-refractivity contribution is 0.295. The van der Waals surface area contributed by atoms with E-state index in [1.165, 1.54) is 21.8 Å². The molecule has 1 saturated heterocycles. The second kappa shape index (κ2) is 10.7. The van der Waals surface area contributed by atoms with E-state index in [1.807, 2.05) is 4.90 Å². The van der Waals surface area contributed by atoms with Gasteiger partial charge in [-0.1, -0.05) is 42.6 Å². The lowest BCUT2D eigenvalue weighted by atomic mass is 10.2. The van der Waals surface area contributed by atoms with Gasteiger partial charge < -0.3 is 15.4 Å². The highest BCUT2D eigenvalue weighted by molar-refractivity contribution is 7.88. The third kappa shape index (κ3) is 6.08. The van der Waals surface area contributed by atoms with Crippen molar-refractivity contribution in [3.05, 3.63) is 75.7 Å². The minimum Gasteiger partial charge on any atom is -0.486 e. The molecule has 0 unspecified atom stereocenters. The first kappa shape index (κ1) is 25.6. The molecule has 1 saturated carbocycles. The maximum atomic E-state index is 13.5. The Morgan fingerprint density at radius 2 is 1.78 bits per heavy atom. The van der Waals surface area contributed by atoms with Gasteiger partial charge in [-0.05, 0) is 48.2 Å². The zero-order valence-corrected chi connectivity index (χ0v) is 22.0. The van der Waals surface area contributed by atoms with E-state index in [2.05, 4.69) is 5.10 Å². The van der Waals surface area contributed by atoms with Crippen molar-refractivity contribution in [2.75, 3.05) is 43.4 Å². The van der Waals surface area contributed by atoms with Crippen LogP contribution in [-0.2, 0) is 15.8 Å². The van der Waals surface area contributed by atoms with Crippen LogP contribution in [0.4, 0.5) is 11.4 Å². The molecule has 2 heterocycles. The number of halogens is 1. The molecule has 37 heavy (non-hydrogen) atoms. The van der Waals surface area contributed by atoms with Crippen molar-refractivity contribution < 1.29 is 13.2 Å². The van der Waals surface area contributed by atoms with Crippen LogP contribution >= 0.6 is 11.6 Å². The fraction of sp³-hybridized carbons (Fsp3) is 0.385. The van der Waals surface area contributed by atoms with E-state index in [9.17, 15) is 13.2 Å². The predicted octanol–water partition coefficient (Wildman–Crippen LogP) is 3.30. The molecule has 2 aliphatic rings. The van der Waals surface area contributed by atoms with Crippen molar-refractivity contribution in [1.29, 1.82) is 0 Å². The molecule has 3 aromatic rings. The lowest BCUT2D eigenvalue weighted by Gasteiger charge is -2.35. The Morgan fingerprint density at radius 1 is 1.05 bits per heavy atom. The first-order valence-electron chi connectivity index (χ1n) is 12.4. The number of nitrogens with zero attached hydrogens (tertiary/aromatic N) is 4. The zero-order chi connectivity index (χ0) is 26.0. The molecule has 5 rings (SSSR count). The van der Waals surface area contributed by atoms with E-state index in [0.717, 1.165) is 6.42 Å². The monoisotopic (exact) mass is 543 g/mol. The van der Waals surface area contributed by atoms with E-state index in [1.54, 1.807) is 54.7 Å². The summed E-state index contributed by atoms with van der Waals surface area (Å²) in [6.45, 7) is 1.89. The van der Waals surface area contributed by atoms with Crippen LogP contribution in [0.1, 0.15) is 24.8 Å². The van der Waals surface area contributed by atoms with Gasteiger partial charge in [0, 0.05) is 36.9 Å². The number of sulfonamides is 1. The maximum absolute atomic E-state index is 13.5. The van der Waals surface area contributed by atoms with E-state index in [4.69, 9.17) is 22.1 Å². The number of benzene rings is 2. The molecule has 196 valence electrons. The van der Waals surface area contributed by atoms with Gasteiger partial charge in [0.1, 0.15) is 5.69 Å². The van der Waals surface area contributed by atoms with Gasteiger partial charge in [0.05, 0.1) is 24.2 Å². The molecule has 2 aromatic carbocycles. The third-order valence-corrected chi connectivity index (χ3v) is 8.82. The van der Waals surface area contributed by atoms with Crippen LogP contribution in [0, 0.1) is 5.92 Å². The summed E-state index contributed by atoms with van der Waals surface area (Å²) in [7, 11) is -3.50. The van der Waals surface area contributed by atoms with Crippen LogP contribution in [-0.4, -0.2) is 55.3 Å². The smallest absolute Gasteiger partial charge is 0.316 e. The molecule has 2 fully saturated rings. The molecule has 9 nitrogen and oxygen atoms in total. The quantitative estimate of drug-likeness (QED) is 0.412. The Morgan fingerprint density at radius 3 is 2.46 bits per heavy atom. The molecular formula is C26H30ClN5O4S. The average molecular weight is 544 g/mol. The number of nitrogens with two attached hydrogens (primary N) is 1. The number of piperazine rings is 1. The largest absolute Gasteiger partial charge is 0.486 e. The number of anilines is 2. The number of hydrogen-bond donors (Lipinski definition) is 1. The highest BCUT2D eigenvalue weighted by atomic mass is 35.5. The zero-order valence-electron chi connectivity index (χ0n) is 20.4. The summed E-state index contributed by atoms with van der Waals surface area (Å²) in [5.74, 6) is 0.809. The minimum absolute atomic E-state index is 0.0833. The Hall–Kier alpha value is -3.08. The molecule has 1 aliphatic heterocycles. The highest BCUT2D eigenvalue weighted by Crippen LogP contribution is 2.33. The number of nitrogen functional groups attached to an aromatic ring is 1. The molecule has 0 bridgehead atoms. The highest BCUT2D eigenvalue weighted by Gasteiger charge is 2.30. The van der Waals surface area contributed by atoms with Crippen molar-refractivity contribution in [1.82, 2.24) is 14.1 Å². The number of hydrogen-bond acceptors (Lipinski definition) is 7. The fourth-order valence-corrected chi connectivity index (χ4v) is 6.14. The van der Waals surface area contributed by atoms with Crippen LogP contribution < -0.4 is 20.9 Å². The average Bonchev–Trinajstić information content (AvgIpc) is 3.71. The summed E-state index contributed by atoms with van der Waals surface area (Å²) in [5, 5.41) is 4.90. The van der Waals surface area contributed by atoms with Crippen molar-refractivity contribution in [3.63, 3.8) is 0 Å². The Labute approximate surface area is 221 Å². The molecule has 1 aliphatic carbocycles. The Bertz CT molecular complexity index is 1420. The fourth-order valence-electron chi connectivity index (χ4n) is 4.44. The molecule has 0 atom stereocenters. The summed E-state index contributed by atoms with van der Waals surface area (Å²) in [6, 6.07) is 13.8. The maximum Gasteiger partial charge on any atom is 0.316 e. The SMILES string of the molecule is Nc1ccc(CS(=O)(=O)N2CCN(c3cnn(-c4cccc(Cl)c4)c(=O)c3OCCC3CC3)CC2)cc1. The van der Waals surface area contributed by atoms with Crippen LogP contribution in [0.5, 0.6) is 5.75 Å². The molecular weight excluding hydrogens is 514 g/mol.